The highest BCUT2D eigenvalue weighted by atomic mass is 32.2. The van der Waals surface area contributed by atoms with E-state index in [0.717, 1.165) is 6.42 Å². The first kappa shape index (κ1) is 25.3. The van der Waals surface area contributed by atoms with Gasteiger partial charge in [-0.05, 0) is 39.0 Å². The number of cyclic esters (lactones) is 1. The second-order valence-corrected chi connectivity index (χ2v) is 13.8. The Hall–Kier alpha value is -1.80. The van der Waals surface area contributed by atoms with Gasteiger partial charge in [-0.1, -0.05) is 45.1 Å². The largest absolute Gasteiger partial charge is 0.465 e. The van der Waals surface area contributed by atoms with Crippen LogP contribution in [-0.2, 0) is 19.1 Å². The fourth-order valence-corrected chi connectivity index (χ4v) is 8.93. The second kappa shape index (κ2) is 8.40. The number of carbonyl (C=O) groups excluding carboxylic acids is 3. The number of rotatable bonds is 4. The highest BCUT2D eigenvalue weighted by molar-refractivity contribution is 8.02. The van der Waals surface area contributed by atoms with E-state index < -0.39 is 32.9 Å². The van der Waals surface area contributed by atoms with Crippen molar-refractivity contribution in [3.8, 4) is 0 Å². The average Bonchev–Trinajstić information content (AvgIpc) is 2.99. The van der Waals surface area contributed by atoms with Crippen LogP contribution >= 0.6 is 11.8 Å². The summed E-state index contributed by atoms with van der Waals surface area (Å²) in [6, 6.07) is -0.786. The van der Waals surface area contributed by atoms with Gasteiger partial charge in [-0.2, -0.15) is 0 Å². The van der Waals surface area contributed by atoms with Crippen molar-refractivity contribution in [1.29, 1.82) is 0 Å². The average molecular weight is 491 g/mol. The molecule has 4 heterocycles. The van der Waals surface area contributed by atoms with Crippen molar-refractivity contribution in [2.75, 3.05) is 26.3 Å². The number of likely N-dealkylation sites (tertiary alicyclic amines) is 1. The standard InChI is InChI=1S/C26H38N2O5S/c1-23(2,3)16-24(4,5)28-12-9-11-26-17(20(30)27(13-14-29)19(26)21(28)31)18-22(32)33-15-8-7-10-25(18,6)34-26/h7,9-11,17-19,29H,8,12-16H2,1-6H3/t17-,18-,19?,25+,26-/m0/s1. The Morgan fingerprint density at radius 3 is 2.44 bits per heavy atom. The molecule has 0 aromatic heterocycles. The number of hydrogen-bond acceptors (Lipinski definition) is 6. The lowest BCUT2D eigenvalue weighted by molar-refractivity contribution is -0.154. The van der Waals surface area contributed by atoms with Gasteiger partial charge in [0.2, 0.25) is 11.8 Å². The van der Waals surface area contributed by atoms with Gasteiger partial charge in [0.15, 0.2) is 0 Å². The summed E-state index contributed by atoms with van der Waals surface area (Å²) in [7, 11) is 0. The third kappa shape index (κ3) is 3.91. The molecule has 8 heteroatoms. The van der Waals surface area contributed by atoms with E-state index in [-0.39, 0.29) is 43.0 Å². The van der Waals surface area contributed by atoms with Crippen LogP contribution in [0.1, 0.15) is 54.4 Å². The van der Waals surface area contributed by atoms with Crippen LogP contribution in [0, 0.1) is 17.3 Å². The fourth-order valence-electron chi connectivity index (χ4n) is 6.77. The van der Waals surface area contributed by atoms with Crippen LogP contribution in [0.25, 0.3) is 0 Å². The Morgan fingerprint density at radius 2 is 1.79 bits per heavy atom. The molecule has 1 spiro atoms. The van der Waals surface area contributed by atoms with Gasteiger partial charge in [0.25, 0.3) is 0 Å². The molecular weight excluding hydrogens is 452 g/mol. The fraction of sp³-hybridized carbons (Fsp3) is 0.731. The Bertz CT molecular complexity index is 938. The van der Waals surface area contributed by atoms with Crippen molar-refractivity contribution in [3.05, 3.63) is 24.3 Å². The summed E-state index contributed by atoms with van der Waals surface area (Å²) in [4.78, 5) is 44.8. The van der Waals surface area contributed by atoms with Gasteiger partial charge in [-0.25, -0.2) is 0 Å². The number of ether oxygens (including phenoxy) is 1. The molecule has 0 aliphatic carbocycles. The van der Waals surface area contributed by atoms with Crippen molar-refractivity contribution in [2.24, 2.45) is 17.3 Å². The summed E-state index contributed by atoms with van der Waals surface area (Å²) >= 11 is 1.54. The first-order valence-corrected chi connectivity index (χ1v) is 13.0. The monoisotopic (exact) mass is 490 g/mol. The van der Waals surface area contributed by atoms with Gasteiger partial charge < -0.3 is 19.6 Å². The SMILES string of the molecule is CC(C)(C)CC(C)(C)N1CC=C[C@]23S[C@]4(C)C=CCCOC(=O)[C@@H]4[C@H]2C(=O)N(CCO)C3C1=O. The molecule has 7 nitrogen and oxygen atoms in total. The van der Waals surface area contributed by atoms with Gasteiger partial charge in [0.1, 0.15) is 6.04 Å². The van der Waals surface area contributed by atoms with Crippen molar-refractivity contribution in [1.82, 2.24) is 9.80 Å². The van der Waals surface area contributed by atoms with Crippen LogP contribution in [0.3, 0.4) is 0 Å². The van der Waals surface area contributed by atoms with Crippen LogP contribution in [0.2, 0.25) is 0 Å². The maximum atomic E-state index is 14.3. The predicted octanol–water partition coefficient (Wildman–Crippen LogP) is 2.78. The van der Waals surface area contributed by atoms with Gasteiger partial charge in [-0.15, -0.1) is 11.8 Å². The minimum atomic E-state index is -0.900. The van der Waals surface area contributed by atoms with E-state index in [1.807, 2.05) is 36.1 Å². The van der Waals surface area contributed by atoms with E-state index in [2.05, 4.69) is 34.6 Å². The number of carbonyl (C=O) groups is 3. The number of aliphatic hydroxyl groups is 1. The van der Waals surface area contributed by atoms with E-state index in [4.69, 9.17) is 4.74 Å². The Labute approximate surface area is 206 Å². The number of β-amino-alcohol motifs (C(OH)–C–C–N with tert-alkyl or cyclic N) is 1. The molecule has 0 radical (unpaired) electrons. The molecular formula is C26H38N2O5S. The van der Waals surface area contributed by atoms with E-state index in [9.17, 15) is 19.5 Å². The molecule has 4 aliphatic rings. The smallest absolute Gasteiger partial charge is 0.311 e. The summed E-state index contributed by atoms with van der Waals surface area (Å²) in [6.07, 6.45) is 9.46. The summed E-state index contributed by atoms with van der Waals surface area (Å²) in [6.45, 7) is 13.1. The molecule has 4 rings (SSSR count). The van der Waals surface area contributed by atoms with Gasteiger partial charge >= 0.3 is 5.97 Å². The predicted molar refractivity (Wildman–Crippen MR) is 132 cm³/mol. The molecule has 2 fully saturated rings. The molecule has 1 N–H and O–H groups in total. The molecule has 0 aromatic rings. The minimum absolute atomic E-state index is 0.00584. The van der Waals surface area contributed by atoms with E-state index in [1.165, 1.54) is 16.7 Å². The van der Waals surface area contributed by atoms with Crippen LogP contribution in [0.4, 0.5) is 0 Å². The first-order chi connectivity index (χ1) is 15.8. The zero-order chi connectivity index (χ0) is 25.1. The lowest BCUT2D eigenvalue weighted by Crippen LogP contribution is -2.59. The quantitative estimate of drug-likeness (QED) is 0.482. The number of thioether (sulfide) groups is 1. The number of fused-ring (bicyclic) bond motifs is 2. The van der Waals surface area contributed by atoms with E-state index in [0.29, 0.717) is 13.0 Å². The number of hydrogen-bond donors (Lipinski definition) is 1. The maximum absolute atomic E-state index is 14.3. The van der Waals surface area contributed by atoms with Gasteiger partial charge in [0, 0.05) is 23.4 Å². The topological polar surface area (TPSA) is 87.2 Å². The Balaban J connectivity index is 1.84. The Morgan fingerprint density at radius 1 is 1.09 bits per heavy atom. The molecule has 1 unspecified atom stereocenters. The highest BCUT2D eigenvalue weighted by Gasteiger charge is 2.74. The molecule has 2 saturated heterocycles. The number of esters is 1. The van der Waals surface area contributed by atoms with Crippen molar-refractivity contribution in [3.63, 3.8) is 0 Å². The van der Waals surface area contributed by atoms with Crippen LogP contribution in [0.5, 0.6) is 0 Å². The summed E-state index contributed by atoms with van der Waals surface area (Å²) in [5.41, 5.74) is -0.434. The molecule has 4 aliphatic heterocycles. The van der Waals surface area contributed by atoms with Crippen LogP contribution in [-0.4, -0.2) is 80.1 Å². The van der Waals surface area contributed by atoms with Crippen molar-refractivity contribution in [2.45, 2.75) is 75.5 Å². The van der Waals surface area contributed by atoms with Crippen LogP contribution < -0.4 is 0 Å². The zero-order valence-electron chi connectivity index (χ0n) is 21.2. The molecule has 5 atom stereocenters. The first-order valence-electron chi connectivity index (χ1n) is 12.2. The molecule has 2 amide bonds. The summed E-state index contributed by atoms with van der Waals surface area (Å²) in [5, 5.41) is 9.80. The summed E-state index contributed by atoms with van der Waals surface area (Å²) < 4.78 is 3.97. The van der Waals surface area contributed by atoms with Crippen molar-refractivity contribution >= 4 is 29.5 Å². The summed E-state index contributed by atoms with van der Waals surface area (Å²) in [5.74, 6) is -2.17. The Kier molecular flexibility index (Phi) is 6.25. The molecule has 0 bridgehead atoms. The van der Waals surface area contributed by atoms with E-state index >= 15 is 0 Å². The van der Waals surface area contributed by atoms with Crippen LogP contribution in [0.15, 0.2) is 24.3 Å². The molecule has 188 valence electrons. The zero-order valence-corrected chi connectivity index (χ0v) is 22.0. The van der Waals surface area contributed by atoms with Gasteiger partial charge in [0.05, 0.1) is 29.8 Å². The highest BCUT2D eigenvalue weighted by Crippen LogP contribution is 2.65. The van der Waals surface area contributed by atoms with Crippen molar-refractivity contribution < 1.29 is 24.2 Å². The third-order valence-electron chi connectivity index (χ3n) is 7.55. The maximum Gasteiger partial charge on any atom is 0.311 e. The minimum Gasteiger partial charge on any atom is -0.465 e. The van der Waals surface area contributed by atoms with E-state index in [1.54, 1.807) is 0 Å². The number of nitrogens with zero attached hydrogens (tertiary/aromatic N) is 2. The second-order valence-electron chi connectivity index (χ2n) is 12.0. The molecule has 0 aromatic carbocycles. The third-order valence-corrected chi connectivity index (χ3v) is 9.35. The number of aliphatic hydroxyl groups excluding tert-OH is 1. The lowest BCUT2D eigenvalue weighted by Gasteiger charge is -2.44. The number of amides is 2. The lowest BCUT2D eigenvalue weighted by atomic mass is 9.74. The molecule has 0 saturated carbocycles. The molecule has 34 heavy (non-hydrogen) atoms. The normalized spacial score (nSPS) is 36.0. The van der Waals surface area contributed by atoms with Gasteiger partial charge in [-0.3, -0.25) is 14.4 Å².